The van der Waals surface area contributed by atoms with Crippen LogP contribution in [0.4, 0.5) is 4.39 Å². The molecule has 0 unspecified atom stereocenters. The molecule has 0 radical (unpaired) electrons. The zero-order valence-corrected chi connectivity index (χ0v) is 12.0. The van der Waals surface area contributed by atoms with Crippen molar-refractivity contribution in [2.75, 3.05) is 0 Å². The highest BCUT2D eigenvalue weighted by atomic mass is 19.1. The first-order chi connectivity index (χ1) is 10.1. The summed E-state index contributed by atoms with van der Waals surface area (Å²) in [5, 5.41) is 3.90. The van der Waals surface area contributed by atoms with E-state index in [4.69, 9.17) is 0 Å². The van der Waals surface area contributed by atoms with E-state index < -0.39 is 0 Å². The molecule has 1 amide bonds. The minimum atomic E-state index is -0.375. The van der Waals surface area contributed by atoms with Gasteiger partial charge in [-0.3, -0.25) is 4.79 Å². The van der Waals surface area contributed by atoms with Crippen LogP contribution >= 0.6 is 0 Å². The number of halogens is 1. The lowest BCUT2D eigenvalue weighted by atomic mass is 10.0. The Balaban J connectivity index is 1.95. The van der Waals surface area contributed by atoms with E-state index in [0.717, 1.165) is 5.56 Å². The van der Waals surface area contributed by atoms with Crippen molar-refractivity contribution < 1.29 is 9.18 Å². The average molecular weight is 284 g/mol. The van der Waals surface area contributed by atoms with Crippen LogP contribution in [0.3, 0.4) is 0 Å². The smallest absolute Gasteiger partial charge is 0.267 e. The second kappa shape index (κ2) is 6.79. The highest BCUT2D eigenvalue weighted by Crippen LogP contribution is 2.13. The van der Waals surface area contributed by atoms with Gasteiger partial charge in [-0.15, -0.1) is 0 Å². The summed E-state index contributed by atoms with van der Waals surface area (Å²) >= 11 is 0. The zero-order valence-electron chi connectivity index (χ0n) is 12.0. The Hall–Kier alpha value is -2.49. The second-order valence-electron chi connectivity index (χ2n) is 5.03. The molecular formula is C17H17FN2O. The quantitative estimate of drug-likeness (QED) is 0.675. The summed E-state index contributed by atoms with van der Waals surface area (Å²) in [6.07, 6.45) is 1.57. The fraction of sp³-hybridized carbons (Fsp3) is 0.176. The molecule has 0 fully saturated rings. The highest BCUT2D eigenvalue weighted by Gasteiger charge is 2.03. The first-order valence-electron chi connectivity index (χ1n) is 6.75. The Morgan fingerprint density at radius 1 is 1.10 bits per heavy atom. The number of hydrazone groups is 1. The SMILES string of the molecule is CC(C)c1ccc(/C=N/NC(=O)c2ccc(F)cc2)cc1. The third-order valence-corrected chi connectivity index (χ3v) is 3.09. The first-order valence-corrected chi connectivity index (χ1v) is 6.75. The summed E-state index contributed by atoms with van der Waals surface area (Å²) in [7, 11) is 0. The van der Waals surface area contributed by atoms with E-state index in [1.165, 1.54) is 29.8 Å². The molecule has 3 nitrogen and oxygen atoms in total. The summed E-state index contributed by atoms with van der Waals surface area (Å²) in [5.41, 5.74) is 4.93. The van der Waals surface area contributed by atoms with Crippen LogP contribution in [-0.4, -0.2) is 12.1 Å². The molecular weight excluding hydrogens is 267 g/mol. The van der Waals surface area contributed by atoms with Crippen molar-refractivity contribution in [3.63, 3.8) is 0 Å². The molecule has 0 heterocycles. The van der Waals surface area contributed by atoms with E-state index in [9.17, 15) is 9.18 Å². The van der Waals surface area contributed by atoms with Crippen molar-refractivity contribution in [2.45, 2.75) is 19.8 Å². The van der Waals surface area contributed by atoms with E-state index in [1.54, 1.807) is 6.21 Å². The Labute approximate surface area is 123 Å². The fourth-order valence-electron chi connectivity index (χ4n) is 1.80. The van der Waals surface area contributed by atoms with Gasteiger partial charge in [0.1, 0.15) is 5.82 Å². The van der Waals surface area contributed by atoms with Crippen LogP contribution in [0.15, 0.2) is 53.6 Å². The van der Waals surface area contributed by atoms with Crippen LogP contribution in [0.5, 0.6) is 0 Å². The third-order valence-electron chi connectivity index (χ3n) is 3.09. The summed E-state index contributed by atoms with van der Waals surface area (Å²) in [6.45, 7) is 4.26. The van der Waals surface area contributed by atoms with Gasteiger partial charge in [0, 0.05) is 5.56 Å². The molecule has 108 valence electrons. The third kappa shape index (κ3) is 4.24. The molecule has 0 saturated carbocycles. The van der Waals surface area contributed by atoms with Gasteiger partial charge < -0.3 is 0 Å². The van der Waals surface area contributed by atoms with Crippen LogP contribution in [0.1, 0.15) is 41.3 Å². The monoisotopic (exact) mass is 284 g/mol. The number of carbonyl (C=O) groups is 1. The van der Waals surface area contributed by atoms with Crippen LogP contribution < -0.4 is 5.43 Å². The maximum Gasteiger partial charge on any atom is 0.271 e. The van der Waals surface area contributed by atoms with Crippen molar-refractivity contribution in [3.05, 3.63) is 71.0 Å². The Kier molecular flexibility index (Phi) is 4.82. The lowest BCUT2D eigenvalue weighted by Gasteiger charge is -2.04. The molecule has 1 N–H and O–H groups in total. The van der Waals surface area contributed by atoms with Gasteiger partial charge in [0.15, 0.2) is 0 Å². The number of nitrogens with one attached hydrogen (secondary N) is 1. The van der Waals surface area contributed by atoms with Gasteiger partial charge in [-0.1, -0.05) is 38.1 Å². The van der Waals surface area contributed by atoms with Crippen molar-refractivity contribution in [2.24, 2.45) is 5.10 Å². The molecule has 4 heteroatoms. The number of hydrogen-bond acceptors (Lipinski definition) is 2. The first kappa shape index (κ1) is 14.9. The number of carbonyl (C=O) groups excluding carboxylic acids is 1. The van der Waals surface area contributed by atoms with Crippen molar-refractivity contribution in [3.8, 4) is 0 Å². The molecule has 2 rings (SSSR count). The number of nitrogens with zero attached hydrogens (tertiary/aromatic N) is 1. The molecule has 2 aromatic carbocycles. The molecule has 0 bridgehead atoms. The molecule has 0 aliphatic carbocycles. The number of hydrogen-bond donors (Lipinski definition) is 1. The van der Waals surface area contributed by atoms with Crippen LogP contribution in [-0.2, 0) is 0 Å². The lowest BCUT2D eigenvalue weighted by Crippen LogP contribution is -2.17. The predicted molar refractivity (Wildman–Crippen MR) is 82.0 cm³/mol. The van der Waals surface area contributed by atoms with E-state index in [2.05, 4.69) is 24.4 Å². The van der Waals surface area contributed by atoms with E-state index in [1.807, 2.05) is 24.3 Å². The molecule has 0 aromatic heterocycles. The second-order valence-corrected chi connectivity index (χ2v) is 5.03. The van der Waals surface area contributed by atoms with Crippen LogP contribution in [0, 0.1) is 5.82 Å². The average Bonchev–Trinajstić information content (AvgIpc) is 2.48. The molecule has 0 saturated heterocycles. The maximum absolute atomic E-state index is 12.8. The summed E-state index contributed by atoms with van der Waals surface area (Å²) in [5.74, 6) is -0.264. The summed E-state index contributed by atoms with van der Waals surface area (Å²) in [6, 6.07) is 13.3. The number of amides is 1. The minimum absolute atomic E-state index is 0.365. The minimum Gasteiger partial charge on any atom is -0.267 e. The van der Waals surface area contributed by atoms with Crippen LogP contribution in [0.25, 0.3) is 0 Å². The molecule has 0 aliphatic rings. The normalized spacial score (nSPS) is 11.0. The fourth-order valence-corrected chi connectivity index (χ4v) is 1.80. The standard InChI is InChI=1S/C17H17FN2O/c1-12(2)14-5-3-13(4-6-14)11-19-20-17(21)15-7-9-16(18)10-8-15/h3-12H,1-2H3,(H,20,21)/b19-11+. The molecule has 0 spiro atoms. The van der Waals surface area contributed by atoms with Gasteiger partial charge in [0.25, 0.3) is 5.91 Å². The lowest BCUT2D eigenvalue weighted by molar-refractivity contribution is 0.0955. The van der Waals surface area contributed by atoms with E-state index in [-0.39, 0.29) is 11.7 Å². The summed E-state index contributed by atoms with van der Waals surface area (Å²) < 4.78 is 12.8. The van der Waals surface area contributed by atoms with Gasteiger partial charge in [-0.2, -0.15) is 5.10 Å². The van der Waals surface area contributed by atoms with E-state index >= 15 is 0 Å². The predicted octanol–water partition coefficient (Wildman–Crippen LogP) is 3.71. The zero-order chi connectivity index (χ0) is 15.2. The van der Waals surface area contributed by atoms with Gasteiger partial charge in [0.05, 0.1) is 6.21 Å². The Bertz CT molecular complexity index is 631. The van der Waals surface area contributed by atoms with Crippen molar-refractivity contribution >= 4 is 12.1 Å². The Morgan fingerprint density at radius 3 is 2.29 bits per heavy atom. The van der Waals surface area contributed by atoms with Gasteiger partial charge in [0.2, 0.25) is 0 Å². The van der Waals surface area contributed by atoms with Crippen molar-refractivity contribution in [1.29, 1.82) is 0 Å². The highest BCUT2D eigenvalue weighted by molar-refractivity contribution is 5.94. The maximum atomic E-state index is 12.8. The molecule has 2 aromatic rings. The molecule has 21 heavy (non-hydrogen) atoms. The Morgan fingerprint density at radius 2 is 1.71 bits per heavy atom. The topological polar surface area (TPSA) is 41.5 Å². The summed E-state index contributed by atoms with van der Waals surface area (Å²) in [4.78, 5) is 11.7. The molecule has 0 aliphatic heterocycles. The number of benzene rings is 2. The van der Waals surface area contributed by atoms with Crippen LogP contribution in [0.2, 0.25) is 0 Å². The van der Waals surface area contributed by atoms with E-state index in [0.29, 0.717) is 11.5 Å². The van der Waals surface area contributed by atoms with Gasteiger partial charge in [-0.05, 0) is 41.3 Å². The largest absolute Gasteiger partial charge is 0.271 e. The van der Waals surface area contributed by atoms with Gasteiger partial charge in [-0.25, -0.2) is 9.82 Å². The van der Waals surface area contributed by atoms with Gasteiger partial charge >= 0.3 is 0 Å². The van der Waals surface area contributed by atoms with Crippen molar-refractivity contribution in [1.82, 2.24) is 5.43 Å². The number of rotatable bonds is 4. The molecule has 0 atom stereocenters.